The number of nitrogens with zero attached hydrogens (tertiary/aromatic N) is 4. The molecule has 0 saturated heterocycles. The van der Waals surface area contributed by atoms with E-state index in [2.05, 4.69) is 32.9 Å². The number of hydrogen-bond donors (Lipinski definition) is 0. The van der Waals surface area contributed by atoms with Gasteiger partial charge in [-0.2, -0.15) is 5.10 Å². The largest absolute Gasteiger partial charge is 0.275 e. The molecule has 0 radical (unpaired) electrons. The predicted molar refractivity (Wildman–Crippen MR) is 87.5 cm³/mol. The summed E-state index contributed by atoms with van der Waals surface area (Å²) >= 11 is 9.88. The zero-order valence-corrected chi connectivity index (χ0v) is 14.6. The summed E-state index contributed by atoms with van der Waals surface area (Å²) in [5.41, 5.74) is 3.04. The zero-order chi connectivity index (χ0) is 15.0. The van der Waals surface area contributed by atoms with Crippen LogP contribution in [0, 0.1) is 0 Å². The molecule has 112 valence electrons. The summed E-state index contributed by atoms with van der Waals surface area (Å²) in [5.74, 6) is 1.18. The fourth-order valence-corrected chi connectivity index (χ4v) is 3.69. The van der Waals surface area contributed by atoms with Crippen LogP contribution in [0.5, 0.6) is 0 Å². The Hall–Kier alpha value is -0.940. The van der Waals surface area contributed by atoms with Crippen LogP contribution in [0.1, 0.15) is 49.9 Å². The Morgan fingerprint density at radius 2 is 2.05 bits per heavy atom. The van der Waals surface area contributed by atoms with E-state index in [9.17, 15) is 0 Å². The number of aryl methyl sites for hydroxylation is 2. The molecule has 2 aromatic rings. The summed E-state index contributed by atoms with van der Waals surface area (Å²) in [4.78, 5) is 9.26. The predicted octanol–water partition coefficient (Wildman–Crippen LogP) is 4.51. The van der Waals surface area contributed by atoms with E-state index in [0.717, 1.165) is 27.8 Å². The standard InChI is InChI=1S/C15H18BrClN4/c1-3-11-10(8-21(2)20-11)15-18-13(9-6-4-5-7-9)12(16)14(17)19-15/h8-9H,3-7H2,1-2H3. The molecule has 2 heterocycles. The van der Waals surface area contributed by atoms with Crippen LogP contribution in [0.15, 0.2) is 10.7 Å². The normalized spacial score (nSPS) is 15.8. The number of rotatable bonds is 3. The maximum Gasteiger partial charge on any atom is 0.164 e. The van der Waals surface area contributed by atoms with E-state index in [1.165, 1.54) is 25.7 Å². The summed E-state index contributed by atoms with van der Waals surface area (Å²) < 4.78 is 2.66. The van der Waals surface area contributed by atoms with Gasteiger partial charge in [-0.25, -0.2) is 9.97 Å². The summed E-state index contributed by atoms with van der Waals surface area (Å²) in [7, 11) is 1.92. The average Bonchev–Trinajstić information content (AvgIpc) is 3.10. The fourth-order valence-electron chi connectivity index (χ4n) is 3.01. The minimum atomic E-state index is 0.486. The Kier molecular flexibility index (Phi) is 4.31. The van der Waals surface area contributed by atoms with Gasteiger partial charge in [-0.1, -0.05) is 31.4 Å². The zero-order valence-electron chi connectivity index (χ0n) is 12.2. The highest BCUT2D eigenvalue weighted by atomic mass is 79.9. The van der Waals surface area contributed by atoms with Crippen molar-refractivity contribution in [3.63, 3.8) is 0 Å². The van der Waals surface area contributed by atoms with Crippen LogP contribution in [-0.2, 0) is 13.5 Å². The topological polar surface area (TPSA) is 43.6 Å². The molecule has 21 heavy (non-hydrogen) atoms. The van der Waals surface area contributed by atoms with E-state index >= 15 is 0 Å². The second-order valence-electron chi connectivity index (χ2n) is 5.54. The van der Waals surface area contributed by atoms with Crippen LogP contribution in [0.3, 0.4) is 0 Å². The lowest BCUT2D eigenvalue weighted by atomic mass is 10.0. The second kappa shape index (κ2) is 6.05. The van der Waals surface area contributed by atoms with Crippen molar-refractivity contribution in [1.82, 2.24) is 19.7 Å². The Balaban J connectivity index is 2.10. The summed E-state index contributed by atoms with van der Waals surface area (Å²) in [6.45, 7) is 2.09. The van der Waals surface area contributed by atoms with Crippen molar-refractivity contribution in [2.45, 2.75) is 44.9 Å². The Morgan fingerprint density at radius 1 is 1.33 bits per heavy atom. The smallest absolute Gasteiger partial charge is 0.164 e. The number of halogens is 2. The first-order chi connectivity index (χ1) is 10.1. The van der Waals surface area contributed by atoms with Crippen molar-refractivity contribution in [3.8, 4) is 11.4 Å². The third-order valence-corrected chi connectivity index (χ3v) is 5.34. The molecule has 0 bridgehead atoms. The van der Waals surface area contributed by atoms with Crippen molar-refractivity contribution < 1.29 is 0 Å². The highest BCUT2D eigenvalue weighted by Gasteiger charge is 2.24. The first kappa shape index (κ1) is 15.0. The van der Waals surface area contributed by atoms with Gasteiger partial charge in [0.25, 0.3) is 0 Å². The summed E-state index contributed by atoms with van der Waals surface area (Å²) in [6, 6.07) is 0. The Labute approximate surface area is 138 Å². The van der Waals surface area contributed by atoms with Crippen LogP contribution < -0.4 is 0 Å². The molecule has 0 atom stereocenters. The number of hydrogen-bond acceptors (Lipinski definition) is 3. The average molecular weight is 370 g/mol. The second-order valence-corrected chi connectivity index (χ2v) is 6.69. The molecule has 6 heteroatoms. The monoisotopic (exact) mass is 368 g/mol. The van der Waals surface area contributed by atoms with Gasteiger partial charge in [-0.05, 0) is 35.2 Å². The van der Waals surface area contributed by atoms with Crippen molar-refractivity contribution >= 4 is 27.5 Å². The molecule has 0 spiro atoms. The van der Waals surface area contributed by atoms with Crippen LogP contribution in [0.25, 0.3) is 11.4 Å². The van der Waals surface area contributed by atoms with E-state index < -0.39 is 0 Å². The lowest BCUT2D eigenvalue weighted by molar-refractivity contribution is 0.690. The van der Waals surface area contributed by atoms with E-state index in [-0.39, 0.29) is 0 Å². The molecule has 1 aliphatic carbocycles. The molecule has 1 saturated carbocycles. The lowest BCUT2D eigenvalue weighted by Gasteiger charge is -2.13. The molecule has 0 aromatic carbocycles. The molecule has 0 N–H and O–H groups in total. The SMILES string of the molecule is CCc1nn(C)cc1-c1nc(Cl)c(Br)c(C2CCCC2)n1. The van der Waals surface area contributed by atoms with Gasteiger partial charge in [0.1, 0.15) is 5.15 Å². The van der Waals surface area contributed by atoms with Crippen LogP contribution in [0.2, 0.25) is 5.15 Å². The quantitative estimate of drug-likeness (QED) is 0.747. The summed E-state index contributed by atoms with van der Waals surface area (Å²) in [6.07, 6.45) is 7.71. The number of aromatic nitrogens is 4. The van der Waals surface area contributed by atoms with E-state index in [1.54, 1.807) is 0 Å². The molecular formula is C15H18BrClN4. The molecule has 2 aromatic heterocycles. The molecular weight excluding hydrogens is 352 g/mol. The van der Waals surface area contributed by atoms with Crippen molar-refractivity contribution in [2.24, 2.45) is 7.05 Å². The molecule has 1 fully saturated rings. The minimum Gasteiger partial charge on any atom is -0.275 e. The van der Waals surface area contributed by atoms with Gasteiger partial charge >= 0.3 is 0 Å². The van der Waals surface area contributed by atoms with Gasteiger partial charge in [-0.3, -0.25) is 4.68 Å². The van der Waals surface area contributed by atoms with Gasteiger partial charge in [0.15, 0.2) is 5.82 Å². The highest BCUT2D eigenvalue weighted by molar-refractivity contribution is 9.10. The van der Waals surface area contributed by atoms with Crippen molar-refractivity contribution in [1.29, 1.82) is 0 Å². The molecule has 3 rings (SSSR count). The third kappa shape index (κ3) is 2.86. The van der Waals surface area contributed by atoms with Crippen LogP contribution >= 0.6 is 27.5 Å². The highest BCUT2D eigenvalue weighted by Crippen LogP contribution is 2.39. The van der Waals surface area contributed by atoms with Crippen molar-refractivity contribution in [2.75, 3.05) is 0 Å². The van der Waals surface area contributed by atoms with Gasteiger partial charge in [0.05, 0.1) is 21.4 Å². The molecule has 0 amide bonds. The lowest BCUT2D eigenvalue weighted by Crippen LogP contribution is -2.03. The Bertz CT molecular complexity index is 662. The van der Waals surface area contributed by atoms with E-state index in [0.29, 0.717) is 16.9 Å². The first-order valence-corrected chi connectivity index (χ1v) is 8.53. The van der Waals surface area contributed by atoms with E-state index in [4.69, 9.17) is 16.6 Å². The van der Waals surface area contributed by atoms with Gasteiger partial charge in [0, 0.05) is 19.2 Å². The molecule has 0 aliphatic heterocycles. The van der Waals surface area contributed by atoms with Crippen LogP contribution in [-0.4, -0.2) is 19.7 Å². The van der Waals surface area contributed by atoms with Gasteiger partial charge < -0.3 is 0 Å². The first-order valence-electron chi connectivity index (χ1n) is 7.36. The van der Waals surface area contributed by atoms with Gasteiger partial charge in [0.2, 0.25) is 0 Å². The molecule has 0 unspecified atom stereocenters. The van der Waals surface area contributed by atoms with Crippen molar-refractivity contribution in [3.05, 3.63) is 27.2 Å². The van der Waals surface area contributed by atoms with Crippen LogP contribution in [0.4, 0.5) is 0 Å². The Morgan fingerprint density at radius 3 is 2.71 bits per heavy atom. The fraction of sp³-hybridized carbons (Fsp3) is 0.533. The minimum absolute atomic E-state index is 0.486. The van der Waals surface area contributed by atoms with Gasteiger partial charge in [-0.15, -0.1) is 0 Å². The molecule has 1 aliphatic rings. The maximum atomic E-state index is 6.32. The molecule has 4 nitrogen and oxygen atoms in total. The maximum absolute atomic E-state index is 6.32. The summed E-state index contributed by atoms with van der Waals surface area (Å²) in [5, 5.41) is 4.96. The van der Waals surface area contributed by atoms with E-state index in [1.807, 2.05) is 17.9 Å². The third-order valence-electron chi connectivity index (χ3n) is 4.06.